The molecule has 272 valence electrons. The van der Waals surface area contributed by atoms with Gasteiger partial charge in [-0.1, -0.05) is 38.8 Å². The second kappa shape index (κ2) is 15.2. The van der Waals surface area contributed by atoms with Crippen LogP contribution < -0.4 is 4.74 Å². The average Bonchev–Trinajstić information content (AvgIpc) is 3.09. The minimum absolute atomic E-state index is 0.0465. The lowest BCUT2D eigenvalue weighted by Gasteiger charge is -2.42. The molecule has 13 heteroatoms. The van der Waals surface area contributed by atoms with E-state index >= 15 is 0 Å². The Morgan fingerprint density at radius 1 is 1.06 bits per heavy atom. The SMILES string of the molecule is CCCCN(CCCC)C(C)=N[C@H]1CC(O[C@H]2CC(O)(C(=O)CO)Cc3c(O)c4c(c(O)c32)C(=O)c2c(OC)cccc2C4=O)OC(C)[C@H]1O. The van der Waals surface area contributed by atoms with Crippen LogP contribution >= 0.6 is 0 Å². The maximum atomic E-state index is 13.9. The van der Waals surface area contributed by atoms with Gasteiger partial charge in [0.05, 0.1) is 47.9 Å². The van der Waals surface area contributed by atoms with E-state index in [1.807, 2.05) is 6.92 Å². The second-order valence-corrected chi connectivity index (χ2v) is 13.4. The molecule has 5 N–H and O–H groups in total. The van der Waals surface area contributed by atoms with E-state index in [2.05, 4.69) is 18.7 Å². The van der Waals surface area contributed by atoms with Gasteiger partial charge >= 0.3 is 0 Å². The third-order valence-corrected chi connectivity index (χ3v) is 10.1. The first-order chi connectivity index (χ1) is 23.8. The number of amidine groups is 1. The fourth-order valence-corrected chi connectivity index (χ4v) is 7.27. The highest BCUT2D eigenvalue weighted by molar-refractivity contribution is 6.31. The summed E-state index contributed by atoms with van der Waals surface area (Å²) in [4.78, 5) is 47.7. The first-order valence-electron chi connectivity index (χ1n) is 17.3. The largest absolute Gasteiger partial charge is 0.507 e. The van der Waals surface area contributed by atoms with Gasteiger partial charge in [-0.15, -0.1) is 0 Å². The summed E-state index contributed by atoms with van der Waals surface area (Å²) < 4.78 is 17.7. The van der Waals surface area contributed by atoms with Crippen LogP contribution in [0.5, 0.6) is 17.2 Å². The smallest absolute Gasteiger partial charge is 0.202 e. The van der Waals surface area contributed by atoms with Crippen molar-refractivity contribution in [1.29, 1.82) is 0 Å². The number of ketones is 3. The summed E-state index contributed by atoms with van der Waals surface area (Å²) in [7, 11) is 1.34. The highest BCUT2D eigenvalue weighted by Gasteiger charge is 2.50. The summed E-state index contributed by atoms with van der Waals surface area (Å²) in [6.07, 6.45) is -1.13. The van der Waals surface area contributed by atoms with Gasteiger partial charge in [-0.05, 0) is 32.8 Å². The fraction of sp³-hybridized carbons (Fsp3) is 0.568. The molecule has 13 nitrogen and oxygen atoms in total. The Labute approximate surface area is 291 Å². The number of aromatic hydroxyl groups is 2. The number of phenols is 2. The normalized spacial score (nSPS) is 26.2. The van der Waals surface area contributed by atoms with Crippen LogP contribution in [0.3, 0.4) is 0 Å². The van der Waals surface area contributed by atoms with E-state index in [4.69, 9.17) is 19.2 Å². The van der Waals surface area contributed by atoms with Crippen molar-refractivity contribution in [2.45, 2.75) is 109 Å². The van der Waals surface area contributed by atoms with Crippen LogP contribution in [0.1, 0.15) is 115 Å². The van der Waals surface area contributed by atoms with E-state index < -0.39 is 95.7 Å². The number of hydrogen-bond acceptors (Lipinski definition) is 12. The third-order valence-electron chi connectivity index (χ3n) is 10.1. The van der Waals surface area contributed by atoms with Crippen molar-refractivity contribution in [1.82, 2.24) is 4.90 Å². The number of fused-ring (bicyclic) bond motifs is 3. The molecule has 0 bridgehead atoms. The first kappa shape index (κ1) is 37.4. The number of aliphatic imine (C=N–C) groups is 1. The highest BCUT2D eigenvalue weighted by atomic mass is 16.7. The van der Waals surface area contributed by atoms with Crippen molar-refractivity contribution in [3.8, 4) is 17.2 Å². The van der Waals surface area contributed by atoms with Gasteiger partial charge in [0.2, 0.25) is 5.78 Å². The predicted molar refractivity (Wildman–Crippen MR) is 182 cm³/mol. The van der Waals surface area contributed by atoms with Crippen LogP contribution in [-0.2, 0) is 20.7 Å². The van der Waals surface area contributed by atoms with E-state index in [9.17, 15) is 39.9 Å². The number of rotatable bonds is 12. The maximum absolute atomic E-state index is 13.9. The molecule has 6 atom stereocenters. The molecule has 2 aromatic rings. The number of phenolic OH excluding ortho intramolecular Hbond substituents is 2. The Morgan fingerprint density at radius 2 is 1.72 bits per heavy atom. The van der Waals surface area contributed by atoms with Crippen LogP contribution in [0.25, 0.3) is 0 Å². The molecule has 1 heterocycles. The predicted octanol–water partition coefficient (Wildman–Crippen LogP) is 3.36. The van der Waals surface area contributed by atoms with Gasteiger partial charge in [0.1, 0.15) is 35.6 Å². The standard InChI is InChI=1S/C37H48N2O11/c1-6-8-13-39(14-9-7-2)20(4)38-23-15-27(49-19(3)32(23)42)50-25-17-37(47,26(41)18-40)16-22-29(25)36(46)31-30(34(22)44)33(43)21-11-10-12-24(48-5)28(21)35(31)45/h10-12,19,23,25,27,32,40,42,44,46-47H,6-9,13-18H2,1-5H3/t19?,23-,25-,27?,32+,37?/m0/s1. The Balaban J connectivity index is 1.56. The van der Waals surface area contributed by atoms with Crippen LogP contribution in [0.2, 0.25) is 0 Å². The number of carbonyl (C=O) groups is 3. The summed E-state index contributed by atoms with van der Waals surface area (Å²) >= 11 is 0. The van der Waals surface area contributed by atoms with Crippen LogP contribution in [0, 0.1) is 0 Å². The number of nitrogens with zero attached hydrogens (tertiary/aromatic N) is 2. The number of hydrogen-bond donors (Lipinski definition) is 5. The molecule has 1 saturated heterocycles. The molecule has 1 aliphatic heterocycles. The molecule has 1 fully saturated rings. The Bertz CT molecular complexity index is 1670. The zero-order chi connectivity index (χ0) is 36.5. The lowest BCUT2D eigenvalue weighted by Crippen LogP contribution is -2.50. The molecule has 0 saturated carbocycles. The van der Waals surface area contributed by atoms with Gasteiger partial charge in [-0.3, -0.25) is 19.4 Å². The second-order valence-electron chi connectivity index (χ2n) is 13.4. The van der Waals surface area contributed by atoms with Gasteiger partial charge in [0.25, 0.3) is 0 Å². The Kier molecular flexibility index (Phi) is 11.3. The van der Waals surface area contributed by atoms with Crippen LogP contribution in [-0.4, -0.2) is 111 Å². The molecule has 0 radical (unpaired) electrons. The number of carbonyl (C=O) groups excluding carboxylic acids is 3. The molecule has 2 aromatic carbocycles. The van der Waals surface area contributed by atoms with Crippen molar-refractivity contribution in [2.24, 2.45) is 4.99 Å². The van der Waals surface area contributed by atoms with E-state index in [0.717, 1.165) is 44.6 Å². The minimum Gasteiger partial charge on any atom is -0.507 e. The van der Waals surface area contributed by atoms with Gasteiger partial charge in [0, 0.05) is 49.0 Å². The summed E-state index contributed by atoms with van der Waals surface area (Å²) in [6.45, 7) is 8.42. The number of methoxy groups -OCH3 is 1. The fourth-order valence-electron chi connectivity index (χ4n) is 7.27. The molecular formula is C37H48N2O11. The minimum atomic E-state index is -2.26. The van der Waals surface area contributed by atoms with E-state index in [1.165, 1.54) is 25.3 Å². The summed E-state index contributed by atoms with van der Waals surface area (Å²) in [6, 6.07) is 3.77. The van der Waals surface area contributed by atoms with Crippen molar-refractivity contribution < 1.29 is 54.1 Å². The number of ether oxygens (including phenoxy) is 3. The average molecular weight is 697 g/mol. The Hall–Kier alpha value is -3.88. The Morgan fingerprint density at radius 3 is 2.34 bits per heavy atom. The zero-order valence-corrected chi connectivity index (χ0v) is 29.3. The van der Waals surface area contributed by atoms with E-state index in [1.54, 1.807) is 6.92 Å². The lowest BCUT2D eigenvalue weighted by atomic mass is 9.72. The number of benzene rings is 2. The van der Waals surface area contributed by atoms with Crippen LogP contribution in [0.15, 0.2) is 23.2 Å². The molecule has 0 spiro atoms. The number of aliphatic hydroxyl groups excluding tert-OH is 2. The lowest BCUT2D eigenvalue weighted by molar-refractivity contribution is -0.247. The van der Waals surface area contributed by atoms with Crippen LogP contribution in [0.4, 0.5) is 0 Å². The topological polar surface area (TPSA) is 196 Å². The number of aliphatic hydroxyl groups is 3. The van der Waals surface area contributed by atoms with Gasteiger partial charge in [0.15, 0.2) is 17.9 Å². The molecule has 5 rings (SSSR count). The van der Waals surface area contributed by atoms with Gasteiger partial charge in [-0.2, -0.15) is 0 Å². The quantitative estimate of drug-likeness (QED) is 0.105. The molecule has 0 aromatic heterocycles. The monoisotopic (exact) mass is 696 g/mol. The van der Waals surface area contributed by atoms with Crippen molar-refractivity contribution in [3.63, 3.8) is 0 Å². The maximum Gasteiger partial charge on any atom is 0.202 e. The summed E-state index contributed by atoms with van der Waals surface area (Å²) in [5, 5.41) is 55.8. The molecule has 0 amide bonds. The van der Waals surface area contributed by atoms with E-state index in [0.29, 0.717) is 0 Å². The van der Waals surface area contributed by atoms with Crippen molar-refractivity contribution in [2.75, 3.05) is 26.8 Å². The highest BCUT2D eigenvalue weighted by Crippen LogP contribution is 2.52. The number of Topliss-reactive ketones (excluding diaryl/α,β-unsaturated/α-hetero) is 1. The molecule has 2 aliphatic carbocycles. The van der Waals surface area contributed by atoms with E-state index in [-0.39, 0.29) is 34.4 Å². The third kappa shape index (κ3) is 6.76. The molecular weight excluding hydrogens is 648 g/mol. The summed E-state index contributed by atoms with van der Waals surface area (Å²) in [5.74, 6) is -2.96. The van der Waals surface area contributed by atoms with Crippen molar-refractivity contribution in [3.05, 3.63) is 51.6 Å². The van der Waals surface area contributed by atoms with Crippen molar-refractivity contribution >= 4 is 23.2 Å². The molecule has 50 heavy (non-hydrogen) atoms. The zero-order valence-electron chi connectivity index (χ0n) is 29.3. The number of unbranched alkanes of at least 4 members (excludes halogenated alkanes) is 2. The van der Waals surface area contributed by atoms with Gasteiger partial charge in [-0.25, -0.2) is 0 Å². The molecule has 3 aliphatic rings. The first-order valence-corrected chi connectivity index (χ1v) is 17.3. The van der Waals surface area contributed by atoms with Gasteiger partial charge < -0.3 is 44.6 Å². The summed E-state index contributed by atoms with van der Waals surface area (Å²) in [5.41, 5.74) is -3.59. The molecule has 3 unspecified atom stereocenters.